The number of aromatic hydroxyl groups is 1. The van der Waals surface area contributed by atoms with Crippen molar-refractivity contribution < 1.29 is 29.2 Å². The zero-order chi connectivity index (χ0) is 22.0. The molecule has 1 aliphatic heterocycles. The Balaban J connectivity index is 2.01. The van der Waals surface area contributed by atoms with Gasteiger partial charge in [0, 0.05) is 12.1 Å². The van der Waals surface area contributed by atoms with Crippen LogP contribution < -0.4 is 15.0 Å². The number of nitrogens with one attached hydrogen (secondary N) is 1. The van der Waals surface area contributed by atoms with E-state index in [1.54, 1.807) is 6.92 Å². The number of nitro benzene ring substituents is 1. The van der Waals surface area contributed by atoms with Crippen LogP contribution in [0.3, 0.4) is 0 Å². The molecule has 0 aliphatic carbocycles. The number of phenolic OH excluding ortho intramolecular Hbond substituents is 1. The van der Waals surface area contributed by atoms with Gasteiger partial charge in [0.1, 0.15) is 5.57 Å². The minimum atomic E-state index is -0.974. The van der Waals surface area contributed by atoms with E-state index in [9.17, 15) is 29.6 Å². The summed E-state index contributed by atoms with van der Waals surface area (Å²) in [6, 6.07) is 6.67. The van der Waals surface area contributed by atoms with E-state index in [-0.39, 0.29) is 39.5 Å². The van der Waals surface area contributed by atoms with Crippen molar-refractivity contribution in [1.29, 1.82) is 0 Å². The maximum atomic E-state index is 12.9. The Labute approximate surface area is 178 Å². The molecule has 1 aliphatic rings. The second-order valence-corrected chi connectivity index (χ2v) is 6.87. The molecule has 0 saturated carbocycles. The summed E-state index contributed by atoms with van der Waals surface area (Å²) in [5.41, 5.74) is -0.135. The number of hydrogen-bond acceptors (Lipinski definition) is 7. The number of rotatable bonds is 5. The number of amides is 4. The van der Waals surface area contributed by atoms with Gasteiger partial charge in [-0.1, -0.05) is 0 Å². The third kappa shape index (κ3) is 4.01. The quantitative estimate of drug-likeness (QED) is 0.293. The van der Waals surface area contributed by atoms with Crippen LogP contribution in [0, 0.1) is 10.1 Å². The van der Waals surface area contributed by atoms with Gasteiger partial charge in [0.2, 0.25) is 0 Å². The Morgan fingerprint density at radius 2 is 1.90 bits per heavy atom. The molecule has 1 fully saturated rings. The lowest BCUT2D eigenvalue weighted by Gasteiger charge is -2.26. The van der Waals surface area contributed by atoms with E-state index in [2.05, 4.69) is 21.2 Å². The van der Waals surface area contributed by atoms with Crippen LogP contribution in [0.4, 0.5) is 16.2 Å². The summed E-state index contributed by atoms with van der Waals surface area (Å²) in [6.45, 7) is 2.01. The number of nitrogens with zero attached hydrogens (tertiary/aromatic N) is 2. The average molecular weight is 476 g/mol. The normalized spacial score (nSPS) is 15.3. The van der Waals surface area contributed by atoms with E-state index in [4.69, 9.17) is 4.74 Å². The number of ether oxygens (including phenoxy) is 1. The number of halogens is 1. The third-order valence-electron chi connectivity index (χ3n) is 4.08. The molecule has 1 saturated heterocycles. The lowest BCUT2D eigenvalue weighted by Crippen LogP contribution is -2.54. The first-order valence-corrected chi connectivity index (χ1v) is 9.33. The van der Waals surface area contributed by atoms with E-state index in [1.807, 2.05) is 0 Å². The molecular weight excluding hydrogens is 462 g/mol. The van der Waals surface area contributed by atoms with Gasteiger partial charge in [0.25, 0.3) is 17.5 Å². The number of non-ortho nitro benzene ring substituents is 1. The Kier molecular flexibility index (Phi) is 5.83. The fraction of sp³-hybridized carbons (Fsp3) is 0.105. The van der Waals surface area contributed by atoms with E-state index in [0.717, 1.165) is 12.1 Å². The number of benzene rings is 2. The van der Waals surface area contributed by atoms with Gasteiger partial charge in [-0.25, -0.2) is 9.69 Å². The molecule has 3 rings (SSSR count). The van der Waals surface area contributed by atoms with Gasteiger partial charge in [-0.05, 0) is 58.8 Å². The van der Waals surface area contributed by atoms with Crippen LogP contribution in [0.15, 0.2) is 46.4 Å². The topological polar surface area (TPSA) is 139 Å². The van der Waals surface area contributed by atoms with Gasteiger partial charge in [0.15, 0.2) is 11.5 Å². The number of barbiturate groups is 1. The van der Waals surface area contributed by atoms with Crippen LogP contribution in [0.25, 0.3) is 6.08 Å². The van der Waals surface area contributed by atoms with Crippen LogP contribution in [0.5, 0.6) is 11.5 Å². The molecule has 0 unspecified atom stereocenters. The van der Waals surface area contributed by atoms with Crippen molar-refractivity contribution >= 4 is 51.2 Å². The molecule has 0 aromatic heterocycles. The third-order valence-corrected chi connectivity index (χ3v) is 4.69. The molecule has 2 aromatic carbocycles. The first-order chi connectivity index (χ1) is 14.2. The lowest BCUT2D eigenvalue weighted by atomic mass is 10.1. The Bertz CT molecular complexity index is 1100. The summed E-state index contributed by atoms with van der Waals surface area (Å²) in [7, 11) is 0. The SMILES string of the molecule is CCOc1cc(/C=C2\C(=O)NC(=O)N(c3ccc([N+](=O)[O-])cc3)C2=O)cc(Br)c1O. The van der Waals surface area contributed by atoms with Crippen molar-refractivity contribution in [2.45, 2.75) is 6.92 Å². The fourth-order valence-electron chi connectivity index (χ4n) is 2.72. The number of hydrogen-bond donors (Lipinski definition) is 2. The van der Waals surface area contributed by atoms with Crippen molar-refractivity contribution in [2.24, 2.45) is 0 Å². The highest BCUT2D eigenvalue weighted by atomic mass is 79.9. The highest BCUT2D eigenvalue weighted by Gasteiger charge is 2.37. The van der Waals surface area contributed by atoms with Gasteiger partial charge in [0.05, 0.1) is 21.7 Å². The summed E-state index contributed by atoms with van der Waals surface area (Å²) in [6.07, 6.45) is 1.25. The lowest BCUT2D eigenvalue weighted by molar-refractivity contribution is -0.384. The molecule has 1 heterocycles. The van der Waals surface area contributed by atoms with Crippen molar-refractivity contribution in [3.8, 4) is 11.5 Å². The van der Waals surface area contributed by atoms with Gasteiger partial charge >= 0.3 is 6.03 Å². The number of carbonyl (C=O) groups excluding carboxylic acids is 3. The van der Waals surface area contributed by atoms with Gasteiger partial charge in [-0.15, -0.1) is 0 Å². The second-order valence-electron chi connectivity index (χ2n) is 6.01. The summed E-state index contributed by atoms with van der Waals surface area (Å²) < 4.78 is 5.61. The monoisotopic (exact) mass is 475 g/mol. The predicted octanol–water partition coefficient (Wildman–Crippen LogP) is 3.13. The average Bonchev–Trinajstić information content (AvgIpc) is 2.69. The van der Waals surface area contributed by atoms with Crippen LogP contribution in [0.1, 0.15) is 12.5 Å². The van der Waals surface area contributed by atoms with Crippen molar-refractivity contribution in [1.82, 2.24) is 5.32 Å². The molecule has 0 spiro atoms. The first-order valence-electron chi connectivity index (χ1n) is 8.54. The first kappa shape index (κ1) is 21.0. The summed E-state index contributed by atoms with van der Waals surface area (Å²) in [5.74, 6) is -1.79. The van der Waals surface area contributed by atoms with E-state index in [1.165, 1.54) is 30.3 Å². The van der Waals surface area contributed by atoms with Crippen LogP contribution >= 0.6 is 15.9 Å². The number of nitro groups is 1. The fourth-order valence-corrected chi connectivity index (χ4v) is 3.18. The van der Waals surface area contributed by atoms with Crippen LogP contribution in [-0.2, 0) is 9.59 Å². The molecule has 11 heteroatoms. The number of phenols is 1. The van der Waals surface area contributed by atoms with Gasteiger partial charge in [-0.2, -0.15) is 0 Å². The standard InChI is InChI=1S/C19H14BrN3O7/c1-2-30-15-9-10(8-14(20)16(15)24)7-13-17(25)21-19(27)22(18(13)26)11-3-5-12(6-4-11)23(28)29/h3-9,24H,2H2,1H3,(H,21,25,27)/b13-7+. The van der Waals surface area contributed by atoms with Gasteiger partial charge in [-0.3, -0.25) is 25.0 Å². The smallest absolute Gasteiger partial charge is 0.335 e. The highest BCUT2D eigenvalue weighted by molar-refractivity contribution is 9.10. The molecule has 0 atom stereocenters. The van der Waals surface area contributed by atoms with Gasteiger partial charge < -0.3 is 9.84 Å². The molecule has 0 bridgehead atoms. The van der Waals surface area contributed by atoms with E-state index < -0.39 is 22.8 Å². The molecular formula is C19H14BrN3O7. The number of anilines is 1. The number of imide groups is 2. The maximum absolute atomic E-state index is 12.9. The van der Waals surface area contributed by atoms with E-state index in [0.29, 0.717) is 10.5 Å². The zero-order valence-corrected chi connectivity index (χ0v) is 17.0. The number of carbonyl (C=O) groups is 3. The molecule has 0 radical (unpaired) electrons. The molecule has 154 valence electrons. The Morgan fingerprint density at radius 3 is 2.50 bits per heavy atom. The Hall–Kier alpha value is -3.73. The van der Waals surface area contributed by atoms with Crippen LogP contribution in [-0.4, -0.2) is 34.5 Å². The van der Waals surface area contributed by atoms with E-state index >= 15 is 0 Å². The Morgan fingerprint density at radius 1 is 1.23 bits per heavy atom. The molecule has 2 aromatic rings. The molecule has 10 nitrogen and oxygen atoms in total. The maximum Gasteiger partial charge on any atom is 0.335 e. The highest BCUT2D eigenvalue weighted by Crippen LogP contribution is 2.36. The minimum absolute atomic E-state index is 0.0587. The van der Waals surface area contributed by atoms with Crippen molar-refractivity contribution in [3.63, 3.8) is 0 Å². The zero-order valence-electron chi connectivity index (χ0n) is 15.4. The molecule has 2 N–H and O–H groups in total. The van der Waals surface area contributed by atoms with Crippen molar-refractivity contribution in [2.75, 3.05) is 11.5 Å². The largest absolute Gasteiger partial charge is 0.503 e. The van der Waals surface area contributed by atoms with Crippen molar-refractivity contribution in [3.05, 3.63) is 62.1 Å². The summed E-state index contributed by atoms with van der Waals surface area (Å²) >= 11 is 3.17. The summed E-state index contributed by atoms with van der Waals surface area (Å²) in [4.78, 5) is 48.3. The number of urea groups is 1. The summed E-state index contributed by atoms with van der Waals surface area (Å²) in [5, 5.41) is 22.9. The predicted molar refractivity (Wildman–Crippen MR) is 109 cm³/mol. The second kappa shape index (κ2) is 8.33. The molecule has 30 heavy (non-hydrogen) atoms. The minimum Gasteiger partial charge on any atom is -0.503 e. The molecule has 4 amide bonds. The van der Waals surface area contributed by atoms with Crippen LogP contribution in [0.2, 0.25) is 0 Å².